The van der Waals surface area contributed by atoms with Crippen LogP contribution in [0.3, 0.4) is 0 Å². The molecular weight excluding hydrogens is 1010 g/mol. The number of hydrogen-bond acceptors (Lipinski definition) is 1. The summed E-state index contributed by atoms with van der Waals surface area (Å²) in [6.07, 6.45) is 0. The monoisotopic (exact) mass is 1060 g/mol. The van der Waals surface area contributed by atoms with E-state index >= 15 is 0 Å². The van der Waals surface area contributed by atoms with E-state index in [2.05, 4.69) is 305 Å². The summed E-state index contributed by atoms with van der Waals surface area (Å²) < 4.78 is 5.40. The number of benzene rings is 13. The van der Waals surface area contributed by atoms with Gasteiger partial charge in [-0.1, -0.05) is 230 Å². The number of nitrogens with zero attached hydrogens (tertiary/aromatic N) is 3. The van der Waals surface area contributed by atoms with E-state index in [-0.39, 0.29) is 19.3 Å². The lowest BCUT2D eigenvalue weighted by Gasteiger charge is -2.42. The molecule has 0 aliphatic carbocycles. The summed E-state index contributed by atoms with van der Waals surface area (Å²) in [5.41, 5.74) is 32.9. The normalized spacial score (nSPS) is 14.0. The second-order valence-corrected chi connectivity index (χ2v) is 23.4. The highest BCUT2D eigenvalue weighted by Crippen LogP contribution is 2.50. The van der Waals surface area contributed by atoms with Crippen LogP contribution in [0.1, 0.15) is 22.6 Å². The summed E-state index contributed by atoms with van der Waals surface area (Å²) >= 11 is 0. The van der Waals surface area contributed by atoms with Gasteiger partial charge in [-0.25, -0.2) is 0 Å². The SMILES string of the molecule is c1ccc(-c2ccc3c(c2)c2c(-c4ccccc4)cc4c5c2n3-c2cc3c(cc2B5c2ccccc2C4c2ccccc2)-n2c4ccc(-c5ccccc5)cc4c4c(-c5ccccc5)cc5c(c42)B3c2ccccc2N5c2ccccc2)cc1. The molecule has 386 valence electrons. The maximum absolute atomic E-state index is 2.71. The molecule has 0 fully saturated rings. The summed E-state index contributed by atoms with van der Waals surface area (Å²) in [4.78, 5) is 2.55. The molecular formula is C79H49B2N3. The average molecular weight is 1060 g/mol. The van der Waals surface area contributed by atoms with Gasteiger partial charge in [-0.05, 0) is 155 Å². The third kappa shape index (κ3) is 6.28. The zero-order valence-corrected chi connectivity index (χ0v) is 45.8. The van der Waals surface area contributed by atoms with Gasteiger partial charge in [0.05, 0.1) is 22.1 Å². The maximum Gasteiger partial charge on any atom is 0.252 e. The quantitative estimate of drug-likeness (QED) is 0.151. The number of rotatable bonds is 6. The van der Waals surface area contributed by atoms with E-state index in [1.165, 1.54) is 160 Å². The molecule has 6 heterocycles. The molecule has 3 nitrogen and oxygen atoms in total. The molecule has 0 N–H and O–H groups in total. The van der Waals surface area contributed by atoms with E-state index in [0.717, 1.165) is 5.69 Å². The van der Waals surface area contributed by atoms with Gasteiger partial charge >= 0.3 is 0 Å². The second kappa shape index (κ2) is 17.5. The van der Waals surface area contributed by atoms with Crippen LogP contribution in [0.25, 0.3) is 99.5 Å². The van der Waals surface area contributed by atoms with Gasteiger partial charge in [-0.3, -0.25) is 0 Å². The fourth-order valence-electron chi connectivity index (χ4n) is 15.9. The third-order valence-electron chi connectivity index (χ3n) is 19.2. The Kier molecular flexibility index (Phi) is 9.57. The first kappa shape index (κ1) is 46.0. The molecule has 1 unspecified atom stereocenters. The van der Waals surface area contributed by atoms with Crippen molar-refractivity contribution in [2.75, 3.05) is 4.90 Å². The van der Waals surface area contributed by atoms with Gasteiger partial charge < -0.3 is 14.0 Å². The number of fused-ring (bicyclic) bond motifs is 16. The predicted octanol–water partition coefficient (Wildman–Crippen LogP) is 15.5. The Bertz CT molecular complexity index is 4920. The number of hydrogen-bond donors (Lipinski definition) is 0. The standard InChI is InChI=1S/C79H49B2N3/c1-7-23-49(24-8-1)54-39-41-67-60(43-54)74-58(51-27-11-3-12-28-51)45-62-73(53-31-15-5-16-32-53)57-35-19-20-36-63(57)80-65-47-71-66(48-70(65)83(67)78(74)76(62)80)81-64-37-21-22-38-69(64)82(56-33-17-6-18-34-56)72-46-59(52-29-13-4-14-30-52)75-61-44-55(50-25-9-2-10-26-50)40-42-68(61)84(71)79(75)77(72)81/h1-48,73H. The van der Waals surface area contributed by atoms with Crippen molar-refractivity contribution < 1.29 is 0 Å². The lowest BCUT2D eigenvalue weighted by molar-refractivity contribution is 0.986. The highest BCUT2D eigenvalue weighted by Gasteiger charge is 2.48. The largest absolute Gasteiger partial charge is 0.311 e. The van der Waals surface area contributed by atoms with Gasteiger partial charge in [0.15, 0.2) is 0 Å². The first-order valence-corrected chi connectivity index (χ1v) is 29.5. The van der Waals surface area contributed by atoms with Crippen molar-refractivity contribution in [1.29, 1.82) is 0 Å². The molecule has 0 saturated heterocycles. The average Bonchev–Trinajstić information content (AvgIpc) is 1.54. The van der Waals surface area contributed by atoms with Crippen LogP contribution >= 0.6 is 0 Å². The van der Waals surface area contributed by atoms with Crippen molar-refractivity contribution >= 4 is 107 Å². The Labute approximate surface area is 487 Å². The zero-order chi connectivity index (χ0) is 54.7. The molecule has 1 atom stereocenters. The van der Waals surface area contributed by atoms with Crippen LogP contribution in [0.2, 0.25) is 0 Å². The molecule has 4 aliphatic rings. The van der Waals surface area contributed by atoms with Crippen molar-refractivity contribution in [3.63, 3.8) is 0 Å². The molecule has 19 rings (SSSR count). The minimum atomic E-state index is -0.0927. The molecule has 5 heteroatoms. The Morgan fingerprint density at radius 1 is 0.286 bits per heavy atom. The van der Waals surface area contributed by atoms with E-state index in [1.54, 1.807) is 0 Å². The molecule has 0 bridgehead atoms. The third-order valence-corrected chi connectivity index (χ3v) is 19.2. The lowest BCUT2D eigenvalue weighted by Crippen LogP contribution is -2.63. The van der Waals surface area contributed by atoms with Crippen LogP contribution in [0.4, 0.5) is 17.1 Å². The van der Waals surface area contributed by atoms with Gasteiger partial charge in [0.2, 0.25) is 6.71 Å². The van der Waals surface area contributed by atoms with Crippen LogP contribution in [-0.4, -0.2) is 22.6 Å². The van der Waals surface area contributed by atoms with Crippen molar-refractivity contribution in [3.8, 4) is 55.9 Å². The van der Waals surface area contributed by atoms with Crippen LogP contribution in [0, 0.1) is 0 Å². The topological polar surface area (TPSA) is 13.1 Å². The Morgan fingerprint density at radius 3 is 1.31 bits per heavy atom. The molecule has 2 aromatic heterocycles. The molecule has 0 radical (unpaired) electrons. The molecule has 0 spiro atoms. The van der Waals surface area contributed by atoms with Gasteiger partial charge in [0.25, 0.3) is 6.71 Å². The molecule has 84 heavy (non-hydrogen) atoms. The summed E-state index contributed by atoms with van der Waals surface area (Å²) in [5, 5.41) is 5.12. The first-order valence-electron chi connectivity index (χ1n) is 29.5. The minimum Gasteiger partial charge on any atom is -0.311 e. The van der Waals surface area contributed by atoms with E-state index in [9.17, 15) is 0 Å². The Balaban J connectivity index is 1.00. The predicted molar refractivity (Wildman–Crippen MR) is 355 cm³/mol. The summed E-state index contributed by atoms with van der Waals surface area (Å²) in [6.45, 7) is -0.152. The van der Waals surface area contributed by atoms with E-state index in [1.807, 2.05) is 0 Å². The number of para-hydroxylation sites is 2. The van der Waals surface area contributed by atoms with Crippen LogP contribution in [0.5, 0.6) is 0 Å². The molecule has 15 aromatic rings. The van der Waals surface area contributed by atoms with Crippen molar-refractivity contribution in [1.82, 2.24) is 9.13 Å². The van der Waals surface area contributed by atoms with E-state index < -0.39 is 0 Å². The Morgan fingerprint density at radius 2 is 0.738 bits per heavy atom. The van der Waals surface area contributed by atoms with Gasteiger partial charge in [0, 0.05) is 55.9 Å². The van der Waals surface area contributed by atoms with Crippen molar-refractivity contribution in [2.24, 2.45) is 0 Å². The highest BCUT2D eigenvalue weighted by atomic mass is 15.2. The van der Waals surface area contributed by atoms with Gasteiger partial charge in [-0.2, -0.15) is 0 Å². The second-order valence-electron chi connectivity index (χ2n) is 23.4. The van der Waals surface area contributed by atoms with Crippen LogP contribution in [0.15, 0.2) is 291 Å². The van der Waals surface area contributed by atoms with Crippen molar-refractivity contribution in [3.05, 3.63) is 308 Å². The molecule has 4 aliphatic heterocycles. The van der Waals surface area contributed by atoms with Gasteiger partial charge in [0.1, 0.15) is 0 Å². The minimum absolute atomic E-state index is 0.0193. The van der Waals surface area contributed by atoms with E-state index in [0.29, 0.717) is 0 Å². The summed E-state index contributed by atoms with van der Waals surface area (Å²) in [7, 11) is 0. The summed E-state index contributed by atoms with van der Waals surface area (Å²) in [5.74, 6) is 0.0193. The zero-order valence-electron chi connectivity index (χ0n) is 45.8. The van der Waals surface area contributed by atoms with Crippen LogP contribution < -0.4 is 37.7 Å². The van der Waals surface area contributed by atoms with Gasteiger partial charge in [-0.15, -0.1) is 0 Å². The van der Waals surface area contributed by atoms with Crippen molar-refractivity contribution in [2.45, 2.75) is 5.92 Å². The summed E-state index contributed by atoms with van der Waals surface area (Å²) in [6, 6.07) is 110. The fraction of sp³-hybridized carbons (Fsp3) is 0.0127. The Hall–Kier alpha value is -10.6. The van der Waals surface area contributed by atoms with E-state index in [4.69, 9.17) is 0 Å². The lowest BCUT2D eigenvalue weighted by atomic mass is 9.30. The fourth-order valence-corrected chi connectivity index (χ4v) is 15.9. The highest BCUT2D eigenvalue weighted by molar-refractivity contribution is 7.02. The smallest absolute Gasteiger partial charge is 0.252 e. The number of aromatic nitrogens is 2. The first-order chi connectivity index (χ1) is 41.7. The molecule has 13 aromatic carbocycles. The molecule has 0 amide bonds. The molecule has 0 saturated carbocycles. The van der Waals surface area contributed by atoms with Crippen LogP contribution in [-0.2, 0) is 0 Å². The number of anilines is 3. The maximum atomic E-state index is 2.71.